The minimum Gasteiger partial charge on any atom is -0.465 e. The average molecular weight is 226 g/mol. The van der Waals surface area contributed by atoms with Crippen LogP contribution < -0.4 is 0 Å². The average Bonchev–Trinajstić information content (AvgIpc) is 2.27. The topological polar surface area (TPSA) is 52.1 Å². The Kier molecular flexibility index (Phi) is 5.10. The summed E-state index contributed by atoms with van der Waals surface area (Å²) in [7, 11) is 0. The van der Waals surface area contributed by atoms with E-state index in [4.69, 9.17) is 4.74 Å². The van der Waals surface area contributed by atoms with E-state index >= 15 is 0 Å². The molecule has 0 aliphatic carbocycles. The fourth-order valence-corrected chi connectivity index (χ4v) is 1.89. The van der Waals surface area contributed by atoms with Crippen molar-refractivity contribution in [3.05, 3.63) is 18.6 Å². The molecule has 0 spiro atoms. The van der Waals surface area contributed by atoms with Gasteiger partial charge in [-0.2, -0.15) is 0 Å². The normalized spacial score (nSPS) is 12.1. The van der Waals surface area contributed by atoms with E-state index in [1.54, 1.807) is 25.5 Å². The molecule has 0 saturated carbocycles. The van der Waals surface area contributed by atoms with Crippen LogP contribution in [0.4, 0.5) is 0 Å². The molecule has 4 nitrogen and oxygen atoms in total. The van der Waals surface area contributed by atoms with Crippen LogP contribution in [-0.4, -0.2) is 27.8 Å². The minimum atomic E-state index is -0.193. The van der Waals surface area contributed by atoms with Gasteiger partial charge in [-0.1, -0.05) is 18.7 Å². The Morgan fingerprint density at radius 2 is 2.33 bits per heavy atom. The molecule has 15 heavy (non-hydrogen) atoms. The van der Waals surface area contributed by atoms with Gasteiger partial charge in [0.2, 0.25) is 0 Å². The number of thioether (sulfide) groups is 1. The Balaban J connectivity index is 2.58. The Bertz CT molecular complexity index is 306. The van der Waals surface area contributed by atoms with Crippen LogP contribution in [0.25, 0.3) is 0 Å². The number of nitrogens with zero attached hydrogens (tertiary/aromatic N) is 2. The monoisotopic (exact) mass is 226 g/mol. The predicted octanol–water partition coefficient (Wildman–Crippen LogP) is 1.91. The van der Waals surface area contributed by atoms with E-state index in [-0.39, 0.29) is 11.2 Å². The first-order chi connectivity index (χ1) is 7.27. The van der Waals surface area contributed by atoms with Gasteiger partial charge in [0, 0.05) is 12.4 Å². The molecule has 5 heteroatoms. The first-order valence-corrected chi connectivity index (χ1v) is 5.75. The second kappa shape index (κ2) is 6.40. The van der Waals surface area contributed by atoms with Crippen LogP contribution >= 0.6 is 11.8 Å². The molecule has 0 aromatic carbocycles. The summed E-state index contributed by atoms with van der Waals surface area (Å²) >= 11 is 1.39. The Morgan fingerprint density at radius 3 is 2.87 bits per heavy atom. The zero-order chi connectivity index (χ0) is 11.1. The summed E-state index contributed by atoms with van der Waals surface area (Å²) in [6.45, 7) is 4.17. The van der Waals surface area contributed by atoms with Crippen LogP contribution in [0.5, 0.6) is 0 Å². The van der Waals surface area contributed by atoms with Crippen LogP contribution in [0.3, 0.4) is 0 Å². The van der Waals surface area contributed by atoms with Gasteiger partial charge in [-0.15, -0.1) is 0 Å². The molecular formula is C10H14N2O2S. The second-order valence-corrected chi connectivity index (χ2v) is 4.03. The molecule has 1 unspecified atom stereocenters. The molecule has 0 amide bonds. The number of rotatable bonds is 5. The molecule has 1 aromatic rings. The van der Waals surface area contributed by atoms with E-state index in [1.807, 2.05) is 6.92 Å². The fraction of sp³-hybridized carbons (Fsp3) is 0.500. The summed E-state index contributed by atoms with van der Waals surface area (Å²) in [5.74, 6) is -0.185. The van der Waals surface area contributed by atoms with Crippen molar-refractivity contribution in [3.63, 3.8) is 0 Å². The zero-order valence-electron chi connectivity index (χ0n) is 8.84. The maximum absolute atomic E-state index is 11.5. The predicted molar refractivity (Wildman–Crippen MR) is 58.6 cm³/mol. The van der Waals surface area contributed by atoms with Gasteiger partial charge in [-0.25, -0.2) is 4.98 Å². The molecule has 82 valence electrons. The molecule has 0 fully saturated rings. The number of aromatic nitrogens is 2. The van der Waals surface area contributed by atoms with Crippen LogP contribution in [0.2, 0.25) is 0 Å². The van der Waals surface area contributed by atoms with Crippen molar-refractivity contribution < 1.29 is 9.53 Å². The lowest BCUT2D eigenvalue weighted by Crippen LogP contribution is -2.19. The molecule has 0 aliphatic heterocycles. The molecule has 0 bridgehead atoms. The maximum Gasteiger partial charge on any atom is 0.319 e. The van der Waals surface area contributed by atoms with Gasteiger partial charge < -0.3 is 4.74 Å². The molecule has 0 aliphatic rings. The number of carbonyl (C=O) groups excluding carboxylic acids is 1. The highest BCUT2D eigenvalue weighted by Crippen LogP contribution is 2.23. The second-order valence-electron chi connectivity index (χ2n) is 2.81. The number of hydrogen-bond acceptors (Lipinski definition) is 5. The van der Waals surface area contributed by atoms with E-state index < -0.39 is 0 Å². The summed E-state index contributed by atoms with van der Waals surface area (Å²) in [4.78, 5) is 19.5. The van der Waals surface area contributed by atoms with Crippen molar-refractivity contribution in [2.24, 2.45) is 0 Å². The lowest BCUT2D eigenvalue weighted by Gasteiger charge is -2.11. The third-order valence-corrected chi connectivity index (χ3v) is 2.99. The van der Waals surface area contributed by atoms with E-state index in [0.29, 0.717) is 6.61 Å². The number of esters is 1. The minimum absolute atomic E-state index is 0.185. The lowest BCUT2D eigenvalue weighted by atomic mass is 10.3. The molecule has 0 N–H and O–H groups in total. The molecule has 1 aromatic heterocycles. The largest absolute Gasteiger partial charge is 0.465 e. The Morgan fingerprint density at radius 1 is 1.53 bits per heavy atom. The van der Waals surface area contributed by atoms with Crippen molar-refractivity contribution in [1.82, 2.24) is 9.97 Å². The van der Waals surface area contributed by atoms with Gasteiger partial charge in [0.1, 0.15) is 10.3 Å². The molecule has 0 radical (unpaired) electrons. The van der Waals surface area contributed by atoms with Crippen LogP contribution in [-0.2, 0) is 9.53 Å². The van der Waals surface area contributed by atoms with Gasteiger partial charge in [0.15, 0.2) is 0 Å². The molecular weight excluding hydrogens is 212 g/mol. The van der Waals surface area contributed by atoms with Gasteiger partial charge in [0.05, 0.1) is 12.8 Å². The molecule has 1 atom stereocenters. The van der Waals surface area contributed by atoms with Crippen LogP contribution in [0.15, 0.2) is 23.6 Å². The first kappa shape index (κ1) is 12.0. The Labute approximate surface area is 93.5 Å². The lowest BCUT2D eigenvalue weighted by molar-refractivity contribution is -0.142. The summed E-state index contributed by atoms with van der Waals surface area (Å²) in [6, 6.07) is 0. The van der Waals surface area contributed by atoms with Gasteiger partial charge >= 0.3 is 5.97 Å². The highest BCUT2D eigenvalue weighted by atomic mass is 32.2. The van der Waals surface area contributed by atoms with Gasteiger partial charge in [-0.05, 0) is 13.3 Å². The van der Waals surface area contributed by atoms with E-state index in [2.05, 4.69) is 9.97 Å². The van der Waals surface area contributed by atoms with E-state index in [1.165, 1.54) is 11.8 Å². The maximum atomic E-state index is 11.5. The van der Waals surface area contributed by atoms with Crippen molar-refractivity contribution in [2.45, 2.75) is 30.5 Å². The van der Waals surface area contributed by atoms with Crippen molar-refractivity contribution in [3.8, 4) is 0 Å². The summed E-state index contributed by atoms with van der Waals surface area (Å²) < 4.78 is 4.96. The SMILES string of the molecule is CCOC(=O)C(CC)Sc1cnccn1. The van der Waals surface area contributed by atoms with Crippen molar-refractivity contribution in [1.29, 1.82) is 0 Å². The third-order valence-electron chi connectivity index (χ3n) is 1.72. The van der Waals surface area contributed by atoms with Gasteiger partial charge in [0.25, 0.3) is 0 Å². The van der Waals surface area contributed by atoms with Crippen molar-refractivity contribution >= 4 is 17.7 Å². The van der Waals surface area contributed by atoms with Crippen LogP contribution in [0, 0.1) is 0 Å². The number of hydrogen-bond donors (Lipinski definition) is 0. The van der Waals surface area contributed by atoms with E-state index in [0.717, 1.165) is 11.4 Å². The highest BCUT2D eigenvalue weighted by Gasteiger charge is 2.19. The summed E-state index contributed by atoms with van der Waals surface area (Å²) in [5, 5.41) is 0.555. The molecule has 0 saturated heterocycles. The Hall–Kier alpha value is -1.10. The highest BCUT2D eigenvalue weighted by molar-refractivity contribution is 8.00. The molecule has 1 heterocycles. The van der Waals surface area contributed by atoms with Crippen LogP contribution in [0.1, 0.15) is 20.3 Å². The summed E-state index contributed by atoms with van der Waals surface area (Å²) in [6.07, 6.45) is 5.59. The zero-order valence-corrected chi connectivity index (χ0v) is 9.66. The third kappa shape index (κ3) is 3.87. The summed E-state index contributed by atoms with van der Waals surface area (Å²) in [5.41, 5.74) is 0. The smallest absolute Gasteiger partial charge is 0.319 e. The quantitative estimate of drug-likeness (QED) is 0.567. The van der Waals surface area contributed by atoms with E-state index in [9.17, 15) is 4.79 Å². The number of carbonyl (C=O) groups is 1. The first-order valence-electron chi connectivity index (χ1n) is 4.87. The number of ether oxygens (including phenoxy) is 1. The molecule has 1 rings (SSSR count). The van der Waals surface area contributed by atoms with Gasteiger partial charge in [-0.3, -0.25) is 9.78 Å². The standard InChI is InChI=1S/C10H14N2O2S/c1-3-8(10(13)14-4-2)15-9-7-11-5-6-12-9/h5-8H,3-4H2,1-2H3. The fourth-order valence-electron chi connectivity index (χ4n) is 1.03. The van der Waals surface area contributed by atoms with Crippen molar-refractivity contribution in [2.75, 3.05) is 6.61 Å².